The third-order valence-corrected chi connectivity index (χ3v) is 3.05. The minimum absolute atomic E-state index is 0.477. The van der Waals surface area contributed by atoms with Crippen molar-refractivity contribution in [3.05, 3.63) is 12.4 Å². The molecule has 1 rings (SSSR count). The molecule has 0 fully saturated rings. The van der Waals surface area contributed by atoms with E-state index in [-0.39, 0.29) is 0 Å². The van der Waals surface area contributed by atoms with Crippen LogP contribution >= 0.6 is 0 Å². The second-order valence-corrected chi connectivity index (χ2v) is 4.30. The minimum atomic E-state index is 0.477. The Labute approximate surface area is 98.0 Å². The number of anilines is 1. The number of nitrogens with zero attached hydrogens (tertiary/aromatic N) is 2. The summed E-state index contributed by atoms with van der Waals surface area (Å²) in [7, 11) is 1.70. The van der Waals surface area contributed by atoms with Crippen LogP contribution in [0.3, 0.4) is 0 Å². The number of aromatic nitrogens is 2. The van der Waals surface area contributed by atoms with Crippen molar-refractivity contribution in [3.8, 4) is 0 Å². The van der Waals surface area contributed by atoms with Gasteiger partial charge in [0.05, 0.1) is 25.0 Å². The molecule has 0 amide bonds. The van der Waals surface area contributed by atoms with Gasteiger partial charge in [-0.05, 0) is 12.8 Å². The maximum absolute atomic E-state index is 5.01. The first-order chi connectivity index (χ1) is 7.67. The summed E-state index contributed by atoms with van der Waals surface area (Å²) < 4.78 is 6.91. The Balaban J connectivity index is 2.45. The zero-order valence-corrected chi connectivity index (χ0v) is 10.7. The maximum Gasteiger partial charge on any atom is 0.0728 e. The maximum atomic E-state index is 5.01. The molecule has 0 saturated heterocycles. The van der Waals surface area contributed by atoms with Gasteiger partial charge < -0.3 is 10.1 Å². The van der Waals surface area contributed by atoms with E-state index in [1.54, 1.807) is 7.11 Å². The van der Waals surface area contributed by atoms with Gasteiger partial charge in [-0.2, -0.15) is 5.10 Å². The molecule has 1 aromatic heterocycles. The predicted octanol–water partition coefficient (Wildman–Crippen LogP) is 2.38. The van der Waals surface area contributed by atoms with Gasteiger partial charge in [-0.15, -0.1) is 0 Å². The molecule has 0 aliphatic heterocycles. The number of nitrogens with one attached hydrogen (secondary N) is 1. The highest BCUT2D eigenvalue weighted by molar-refractivity contribution is 5.39. The van der Waals surface area contributed by atoms with E-state index in [9.17, 15) is 0 Å². The summed E-state index contributed by atoms with van der Waals surface area (Å²) in [6.45, 7) is 8.18. The molecule has 4 heteroatoms. The Morgan fingerprint density at radius 1 is 1.50 bits per heavy atom. The molecule has 0 aromatic carbocycles. The van der Waals surface area contributed by atoms with Crippen LogP contribution < -0.4 is 5.32 Å². The Kier molecular flexibility index (Phi) is 5.32. The van der Waals surface area contributed by atoms with Crippen molar-refractivity contribution >= 4 is 5.69 Å². The summed E-state index contributed by atoms with van der Waals surface area (Å²) >= 11 is 0. The summed E-state index contributed by atoms with van der Waals surface area (Å²) in [4.78, 5) is 0. The van der Waals surface area contributed by atoms with E-state index in [2.05, 4.69) is 31.2 Å². The average molecular weight is 225 g/mol. The molecule has 0 saturated carbocycles. The van der Waals surface area contributed by atoms with Crippen LogP contribution in [-0.4, -0.2) is 29.5 Å². The Hall–Kier alpha value is -1.03. The van der Waals surface area contributed by atoms with Crippen LogP contribution in [0.4, 0.5) is 5.69 Å². The first-order valence-corrected chi connectivity index (χ1v) is 5.95. The van der Waals surface area contributed by atoms with Crippen molar-refractivity contribution in [3.63, 3.8) is 0 Å². The first-order valence-electron chi connectivity index (χ1n) is 5.95. The van der Waals surface area contributed by atoms with E-state index in [1.807, 2.05) is 17.1 Å². The highest BCUT2D eigenvalue weighted by atomic mass is 16.5. The lowest BCUT2D eigenvalue weighted by molar-refractivity contribution is 0.183. The van der Waals surface area contributed by atoms with E-state index in [0.29, 0.717) is 18.6 Å². The zero-order valence-electron chi connectivity index (χ0n) is 10.7. The van der Waals surface area contributed by atoms with Crippen molar-refractivity contribution < 1.29 is 4.74 Å². The number of hydrogen-bond acceptors (Lipinski definition) is 3. The molecule has 2 atom stereocenters. The van der Waals surface area contributed by atoms with Gasteiger partial charge in [0, 0.05) is 19.3 Å². The second-order valence-electron chi connectivity index (χ2n) is 4.30. The van der Waals surface area contributed by atoms with Gasteiger partial charge in [0.25, 0.3) is 0 Å². The summed E-state index contributed by atoms with van der Waals surface area (Å²) in [5, 5.41) is 7.73. The third-order valence-electron chi connectivity index (χ3n) is 3.05. The summed E-state index contributed by atoms with van der Waals surface area (Å²) in [6, 6.07) is 0.477. The smallest absolute Gasteiger partial charge is 0.0728 e. The van der Waals surface area contributed by atoms with Crippen molar-refractivity contribution in [2.45, 2.75) is 39.8 Å². The van der Waals surface area contributed by atoms with Crippen LogP contribution in [0.15, 0.2) is 12.4 Å². The fourth-order valence-electron chi connectivity index (χ4n) is 1.50. The SMILES string of the molecule is CCC(C)C(C)Nc1cnn(CCOC)c1. The molecule has 0 aliphatic carbocycles. The number of rotatable bonds is 7. The summed E-state index contributed by atoms with van der Waals surface area (Å²) in [5.41, 5.74) is 1.09. The summed E-state index contributed by atoms with van der Waals surface area (Å²) in [6.07, 6.45) is 5.08. The molecule has 1 aromatic rings. The highest BCUT2D eigenvalue weighted by Gasteiger charge is 2.10. The van der Waals surface area contributed by atoms with Crippen LogP contribution in [0.1, 0.15) is 27.2 Å². The van der Waals surface area contributed by atoms with Crippen LogP contribution in [0.25, 0.3) is 0 Å². The monoisotopic (exact) mass is 225 g/mol. The van der Waals surface area contributed by atoms with Crippen LogP contribution in [0.2, 0.25) is 0 Å². The molecule has 1 heterocycles. The molecule has 4 nitrogen and oxygen atoms in total. The molecule has 0 spiro atoms. The molecule has 1 N–H and O–H groups in total. The van der Waals surface area contributed by atoms with E-state index in [0.717, 1.165) is 12.2 Å². The van der Waals surface area contributed by atoms with Gasteiger partial charge in [0.1, 0.15) is 0 Å². The van der Waals surface area contributed by atoms with Crippen LogP contribution in [0, 0.1) is 5.92 Å². The lowest BCUT2D eigenvalue weighted by Crippen LogP contribution is -2.22. The van der Waals surface area contributed by atoms with Gasteiger partial charge in [0.2, 0.25) is 0 Å². The molecule has 0 bridgehead atoms. The third kappa shape index (κ3) is 3.85. The first kappa shape index (κ1) is 13.0. The lowest BCUT2D eigenvalue weighted by atomic mass is 10.0. The number of hydrogen-bond donors (Lipinski definition) is 1. The quantitative estimate of drug-likeness (QED) is 0.774. The Morgan fingerprint density at radius 2 is 2.25 bits per heavy atom. The lowest BCUT2D eigenvalue weighted by Gasteiger charge is -2.19. The van der Waals surface area contributed by atoms with Gasteiger partial charge >= 0.3 is 0 Å². The fraction of sp³-hybridized carbons (Fsp3) is 0.750. The molecule has 0 aliphatic rings. The average Bonchev–Trinajstić information content (AvgIpc) is 2.72. The minimum Gasteiger partial charge on any atom is -0.383 e. The molecular formula is C12H23N3O. The molecule has 16 heavy (non-hydrogen) atoms. The van der Waals surface area contributed by atoms with E-state index in [1.165, 1.54) is 6.42 Å². The fourth-order valence-corrected chi connectivity index (χ4v) is 1.50. The molecule has 2 unspecified atom stereocenters. The molecule has 92 valence electrons. The normalized spacial score (nSPS) is 14.8. The summed E-state index contributed by atoms with van der Waals surface area (Å²) in [5.74, 6) is 0.669. The van der Waals surface area contributed by atoms with E-state index in [4.69, 9.17) is 4.74 Å². The number of ether oxygens (including phenoxy) is 1. The van der Waals surface area contributed by atoms with Crippen molar-refractivity contribution in [1.29, 1.82) is 0 Å². The van der Waals surface area contributed by atoms with Gasteiger partial charge in [0.15, 0.2) is 0 Å². The van der Waals surface area contributed by atoms with Crippen molar-refractivity contribution in [2.75, 3.05) is 19.0 Å². The van der Waals surface area contributed by atoms with E-state index < -0.39 is 0 Å². The molecule has 0 radical (unpaired) electrons. The van der Waals surface area contributed by atoms with Crippen LogP contribution in [-0.2, 0) is 11.3 Å². The highest BCUT2D eigenvalue weighted by Crippen LogP contribution is 2.13. The predicted molar refractivity (Wildman–Crippen MR) is 66.6 cm³/mol. The van der Waals surface area contributed by atoms with Crippen molar-refractivity contribution in [1.82, 2.24) is 9.78 Å². The Morgan fingerprint density at radius 3 is 2.88 bits per heavy atom. The Bertz CT molecular complexity index is 298. The van der Waals surface area contributed by atoms with Gasteiger partial charge in [-0.3, -0.25) is 4.68 Å². The van der Waals surface area contributed by atoms with Gasteiger partial charge in [-0.25, -0.2) is 0 Å². The second kappa shape index (κ2) is 6.53. The van der Waals surface area contributed by atoms with Crippen molar-refractivity contribution in [2.24, 2.45) is 5.92 Å². The largest absolute Gasteiger partial charge is 0.383 e. The van der Waals surface area contributed by atoms with Gasteiger partial charge in [-0.1, -0.05) is 20.3 Å². The number of methoxy groups -OCH3 is 1. The van der Waals surface area contributed by atoms with E-state index >= 15 is 0 Å². The zero-order chi connectivity index (χ0) is 12.0. The standard InChI is InChI=1S/C12H23N3O/c1-5-10(2)11(3)14-12-8-13-15(9-12)6-7-16-4/h8-11,14H,5-7H2,1-4H3. The topological polar surface area (TPSA) is 39.1 Å². The molecular weight excluding hydrogens is 202 g/mol. The van der Waals surface area contributed by atoms with Crippen LogP contribution in [0.5, 0.6) is 0 Å².